The molecule has 2 aromatic heterocycles. The van der Waals surface area contributed by atoms with Crippen LogP contribution in [0.5, 0.6) is 11.5 Å². The van der Waals surface area contributed by atoms with Crippen LogP contribution in [0.25, 0.3) is 11.3 Å². The lowest BCUT2D eigenvalue weighted by Crippen LogP contribution is -2.26. The quantitative estimate of drug-likeness (QED) is 0.717. The predicted octanol–water partition coefficient (Wildman–Crippen LogP) is 2.74. The van der Waals surface area contributed by atoms with Crippen molar-refractivity contribution in [1.29, 1.82) is 0 Å². The van der Waals surface area contributed by atoms with Crippen LogP contribution >= 0.6 is 0 Å². The average molecular weight is 392 g/mol. The van der Waals surface area contributed by atoms with Gasteiger partial charge in [0.25, 0.3) is 11.5 Å². The highest BCUT2D eigenvalue weighted by Gasteiger charge is 2.14. The second-order valence-corrected chi connectivity index (χ2v) is 6.50. The number of fused-ring (bicyclic) bond motifs is 1. The minimum absolute atomic E-state index is 0.157. The van der Waals surface area contributed by atoms with Crippen molar-refractivity contribution in [2.75, 3.05) is 18.5 Å². The zero-order chi connectivity index (χ0) is 20.2. The Bertz CT molecular complexity index is 1110. The van der Waals surface area contributed by atoms with Crippen LogP contribution in [-0.2, 0) is 6.54 Å². The van der Waals surface area contributed by atoms with Gasteiger partial charge in [0.05, 0.1) is 5.69 Å². The monoisotopic (exact) mass is 392 g/mol. The van der Waals surface area contributed by atoms with Crippen molar-refractivity contribution in [3.8, 4) is 22.8 Å². The van der Waals surface area contributed by atoms with Gasteiger partial charge in [-0.1, -0.05) is 13.0 Å². The van der Waals surface area contributed by atoms with Crippen molar-refractivity contribution in [2.45, 2.75) is 19.9 Å². The molecule has 0 saturated heterocycles. The predicted molar refractivity (Wildman–Crippen MR) is 107 cm³/mol. The van der Waals surface area contributed by atoms with Gasteiger partial charge in [-0.3, -0.25) is 9.59 Å². The van der Waals surface area contributed by atoms with Gasteiger partial charge in [0.15, 0.2) is 11.5 Å². The molecule has 8 nitrogen and oxygen atoms in total. The number of carbonyl (C=O) groups excluding carboxylic acids is 1. The number of amides is 1. The SMILES string of the molecule is CCCn1nc(C(=O)Nc2cccc(-c3ccc4c(c3)OCCO4)n2)ccc1=O. The molecule has 1 aromatic carbocycles. The molecular weight excluding hydrogens is 372 g/mol. The number of benzene rings is 1. The molecule has 0 radical (unpaired) electrons. The topological polar surface area (TPSA) is 95.3 Å². The highest BCUT2D eigenvalue weighted by Crippen LogP contribution is 2.34. The van der Waals surface area contributed by atoms with Crippen molar-refractivity contribution in [3.63, 3.8) is 0 Å². The molecule has 0 aliphatic carbocycles. The molecule has 1 amide bonds. The number of rotatable bonds is 5. The molecule has 0 fully saturated rings. The first-order valence-corrected chi connectivity index (χ1v) is 9.40. The zero-order valence-electron chi connectivity index (χ0n) is 15.9. The van der Waals surface area contributed by atoms with Gasteiger partial charge in [-0.05, 0) is 42.8 Å². The molecule has 3 heterocycles. The maximum atomic E-state index is 12.6. The Labute approximate surface area is 167 Å². The molecule has 0 saturated carbocycles. The summed E-state index contributed by atoms with van der Waals surface area (Å²) in [6.45, 7) is 3.44. The molecule has 8 heteroatoms. The van der Waals surface area contributed by atoms with E-state index in [0.29, 0.717) is 42.8 Å². The summed E-state index contributed by atoms with van der Waals surface area (Å²) in [4.78, 5) is 28.8. The number of anilines is 1. The highest BCUT2D eigenvalue weighted by molar-refractivity contribution is 6.02. The van der Waals surface area contributed by atoms with Crippen LogP contribution in [0.3, 0.4) is 0 Å². The molecule has 29 heavy (non-hydrogen) atoms. The van der Waals surface area contributed by atoms with E-state index in [-0.39, 0.29) is 11.3 Å². The molecule has 1 aliphatic heterocycles. The molecule has 3 aromatic rings. The molecular formula is C21H20N4O4. The van der Waals surface area contributed by atoms with Gasteiger partial charge in [-0.2, -0.15) is 5.10 Å². The van der Waals surface area contributed by atoms with Gasteiger partial charge in [0.2, 0.25) is 0 Å². The number of nitrogens with one attached hydrogen (secondary N) is 1. The first-order chi connectivity index (χ1) is 14.1. The lowest BCUT2D eigenvalue weighted by Gasteiger charge is -2.18. The van der Waals surface area contributed by atoms with Gasteiger partial charge in [0.1, 0.15) is 24.7 Å². The van der Waals surface area contributed by atoms with Gasteiger partial charge in [0, 0.05) is 18.2 Å². The number of hydrogen-bond donors (Lipinski definition) is 1. The molecule has 1 aliphatic rings. The van der Waals surface area contributed by atoms with Crippen molar-refractivity contribution in [2.24, 2.45) is 0 Å². The largest absolute Gasteiger partial charge is 0.486 e. The number of nitrogens with zero attached hydrogens (tertiary/aromatic N) is 3. The molecule has 0 atom stereocenters. The maximum Gasteiger partial charge on any atom is 0.277 e. The summed E-state index contributed by atoms with van der Waals surface area (Å²) in [5.41, 5.74) is 1.45. The van der Waals surface area contributed by atoms with Crippen LogP contribution in [0.2, 0.25) is 0 Å². The fourth-order valence-corrected chi connectivity index (χ4v) is 2.99. The van der Waals surface area contributed by atoms with Crippen LogP contribution in [0.4, 0.5) is 5.82 Å². The highest BCUT2D eigenvalue weighted by atomic mass is 16.6. The molecule has 0 bridgehead atoms. The summed E-state index contributed by atoms with van der Waals surface area (Å²) in [6.07, 6.45) is 0.747. The van der Waals surface area contributed by atoms with Crippen LogP contribution in [0.15, 0.2) is 53.3 Å². The summed E-state index contributed by atoms with van der Waals surface area (Å²) < 4.78 is 12.4. The minimum atomic E-state index is -0.429. The smallest absolute Gasteiger partial charge is 0.277 e. The number of ether oxygens (including phenoxy) is 2. The fourth-order valence-electron chi connectivity index (χ4n) is 2.99. The van der Waals surface area contributed by atoms with Crippen molar-refractivity contribution < 1.29 is 14.3 Å². The number of carbonyl (C=O) groups is 1. The number of pyridine rings is 1. The van der Waals surface area contributed by atoms with Crippen LogP contribution in [0, 0.1) is 0 Å². The van der Waals surface area contributed by atoms with E-state index in [2.05, 4.69) is 15.4 Å². The first kappa shape index (κ1) is 18.7. The van der Waals surface area contributed by atoms with E-state index in [1.807, 2.05) is 31.2 Å². The van der Waals surface area contributed by atoms with E-state index in [1.165, 1.54) is 16.8 Å². The molecule has 148 valence electrons. The van der Waals surface area contributed by atoms with Crippen molar-refractivity contribution >= 4 is 11.7 Å². The Morgan fingerprint density at radius 2 is 1.93 bits per heavy atom. The van der Waals surface area contributed by atoms with Crippen LogP contribution < -0.4 is 20.3 Å². The Morgan fingerprint density at radius 1 is 1.10 bits per heavy atom. The third kappa shape index (κ3) is 4.11. The molecule has 0 spiro atoms. The van der Waals surface area contributed by atoms with E-state index < -0.39 is 5.91 Å². The van der Waals surface area contributed by atoms with Crippen molar-refractivity contribution in [1.82, 2.24) is 14.8 Å². The zero-order valence-corrected chi connectivity index (χ0v) is 15.9. The summed E-state index contributed by atoms with van der Waals surface area (Å²) in [7, 11) is 0. The Balaban J connectivity index is 1.56. The Hall–Kier alpha value is -3.68. The van der Waals surface area contributed by atoms with E-state index in [1.54, 1.807) is 12.1 Å². The van der Waals surface area contributed by atoms with Gasteiger partial charge >= 0.3 is 0 Å². The molecule has 1 N–H and O–H groups in total. The van der Waals surface area contributed by atoms with Crippen LogP contribution in [0.1, 0.15) is 23.8 Å². The van der Waals surface area contributed by atoms with E-state index >= 15 is 0 Å². The average Bonchev–Trinajstić information content (AvgIpc) is 2.75. The number of aryl methyl sites for hydroxylation is 1. The van der Waals surface area contributed by atoms with Gasteiger partial charge in [-0.25, -0.2) is 9.67 Å². The van der Waals surface area contributed by atoms with Crippen molar-refractivity contribution in [3.05, 3.63) is 64.6 Å². The fraction of sp³-hybridized carbons (Fsp3) is 0.238. The van der Waals surface area contributed by atoms with E-state index in [0.717, 1.165) is 12.0 Å². The summed E-state index contributed by atoms with van der Waals surface area (Å²) in [5, 5.41) is 6.86. The first-order valence-electron chi connectivity index (χ1n) is 9.40. The maximum absolute atomic E-state index is 12.6. The minimum Gasteiger partial charge on any atom is -0.486 e. The third-order valence-corrected chi connectivity index (χ3v) is 4.36. The van der Waals surface area contributed by atoms with Crippen LogP contribution in [-0.4, -0.2) is 33.9 Å². The normalized spacial score (nSPS) is 12.4. The lowest BCUT2D eigenvalue weighted by molar-refractivity contribution is 0.101. The lowest BCUT2D eigenvalue weighted by atomic mass is 10.1. The third-order valence-electron chi connectivity index (χ3n) is 4.36. The number of aromatic nitrogens is 3. The van der Waals surface area contributed by atoms with E-state index in [9.17, 15) is 9.59 Å². The van der Waals surface area contributed by atoms with Gasteiger partial charge < -0.3 is 14.8 Å². The Morgan fingerprint density at radius 3 is 2.76 bits per heavy atom. The summed E-state index contributed by atoms with van der Waals surface area (Å²) >= 11 is 0. The van der Waals surface area contributed by atoms with E-state index in [4.69, 9.17) is 9.47 Å². The summed E-state index contributed by atoms with van der Waals surface area (Å²) in [5.74, 6) is 1.34. The molecule has 4 rings (SSSR count). The standard InChI is InChI=1S/C21H20N4O4/c1-2-10-25-20(26)9-7-16(24-25)21(27)23-19-5-3-4-15(22-19)14-6-8-17-18(13-14)29-12-11-28-17/h3-9,13H,2,10-12H2,1H3,(H,22,23,27). The summed E-state index contributed by atoms with van der Waals surface area (Å²) in [6, 6.07) is 13.7. The van der Waals surface area contributed by atoms with Gasteiger partial charge in [-0.15, -0.1) is 0 Å². The second-order valence-electron chi connectivity index (χ2n) is 6.50. The molecule has 0 unspecified atom stereocenters. The number of hydrogen-bond acceptors (Lipinski definition) is 6. The Kier molecular flexibility index (Phi) is 5.24. The second kappa shape index (κ2) is 8.14.